The lowest BCUT2D eigenvalue weighted by Crippen LogP contribution is -2.38. The van der Waals surface area contributed by atoms with Gasteiger partial charge in [0.2, 0.25) is 0 Å². The summed E-state index contributed by atoms with van der Waals surface area (Å²) in [6.07, 6.45) is 0.351. The van der Waals surface area contributed by atoms with Crippen LogP contribution in [-0.4, -0.2) is 49.1 Å². The van der Waals surface area contributed by atoms with Gasteiger partial charge in [0.25, 0.3) is 0 Å². The van der Waals surface area contributed by atoms with Crippen LogP contribution >= 0.6 is 0 Å². The highest BCUT2D eigenvalue weighted by molar-refractivity contribution is 5.84. The summed E-state index contributed by atoms with van der Waals surface area (Å²) in [6.45, 7) is 4.06. The van der Waals surface area contributed by atoms with Crippen LogP contribution in [0, 0.1) is 0 Å². The molecular weight excluding hydrogens is 468 g/mol. The highest BCUT2D eigenvalue weighted by atomic mass is 16.6. The molecule has 0 fully saturated rings. The van der Waals surface area contributed by atoms with E-state index in [-0.39, 0.29) is 44.4 Å². The number of nitrogens with zero attached hydrogens (tertiary/aromatic N) is 1. The molecule has 1 N–H and O–H groups in total. The summed E-state index contributed by atoms with van der Waals surface area (Å²) >= 11 is 0. The van der Waals surface area contributed by atoms with E-state index in [2.05, 4.69) is 11.9 Å². The van der Waals surface area contributed by atoms with Gasteiger partial charge in [-0.05, 0) is 16.7 Å². The molecule has 37 heavy (non-hydrogen) atoms. The van der Waals surface area contributed by atoms with E-state index in [9.17, 15) is 14.4 Å². The topological polar surface area (TPSA) is 84.9 Å². The second kappa shape index (κ2) is 14.9. The van der Waals surface area contributed by atoms with Crippen molar-refractivity contribution >= 4 is 18.0 Å². The van der Waals surface area contributed by atoms with Crippen molar-refractivity contribution in [3.8, 4) is 0 Å². The van der Waals surface area contributed by atoms with E-state index in [4.69, 9.17) is 9.47 Å². The molecule has 3 rings (SSSR count). The number of hydrogen-bond donors (Lipinski definition) is 1. The van der Waals surface area contributed by atoms with Crippen molar-refractivity contribution < 1.29 is 23.9 Å². The number of ether oxygens (including phenoxy) is 2. The van der Waals surface area contributed by atoms with Gasteiger partial charge in [-0.1, -0.05) is 104 Å². The molecule has 0 bridgehead atoms. The number of nitrogens with one attached hydrogen (secondary N) is 1. The summed E-state index contributed by atoms with van der Waals surface area (Å²) in [7, 11) is 0. The van der Waals surface area contributed by atoms with Crippen molar-refractivity contribution in [3.63, 3.8) is 0 Å². The Bertz CT molecular complexity index is 1100. The van der Waals surface area contributed by atoms with Gasteiger partial charge in [-0.15, -0.1) is 0 Å². The van der Waals surface area contributed by atoms with Crippen LogP contribution in [0.5, 0.6) is 0 Å². The van der Waals surface area contributed by atoms with Gasteiger partial charge >= 0.3 is 12.2 Å². The largest absolute Gasteiger partial charge is 0.445 e. The van der Waals surface area contributed by atoms with Crippen LogP contribution in [0.1, 0.15) is 29.0 Å². The maximum absolute atomic E-state index is 12.9. The molecule has 0 aliphatic rings. The number of hydrogen-bond acceptors (Lipinski definition) is 5. The maximum Gasteiger partial charge on any atom is 0.410 e. The first-order valence-electron chi connectivity index (χ1n) is 12.2. The van der Waals surface area contributed by atoms with Crippen LogP contribution in [0.15, 0.2) is 104 Å². The molecule has 0 heterocycles. The Balaban J connectivity index is 1.59. The second-order valence-electron chi connectivity index (χ2n) is 8.39. The molecule has 3 aromatic rings. The summed E-state index contributed by atoms with van der Waals surface area (Å²) in [4.78, 5) is 38.9. The third-order valence-electron chi connectivity index (χ3n) is 5.69. The maximum atomic E-state index is 12.9. The van der Waals surface area contributed by atoms with Crippen molar-refractivity contribution in [1.29, 1.82) is 0 Å². The second-order valence-corrected chi connectivity index (χ2v) is 8.39. The zero-order chi connectivity index (χ0) is 26.3. The summed E-state index contributed by atoms with van der Waals surface area (Å²) in [5.41, 5.74) is 2.94. The number of benzene rings is 3. The van der Waals surface area contributed by atoms with E-state index in [1.54, 1.807) is 0 Å². The first-order chi connectivity index (χ1) is 18.1. The van der Waals surface area contributed by atoms with Crippen LogP contribution in [-0.2, 0) is 20.9 Å². The number of Topliss-reactive ketones (excluding diaryl/α,β-unsaturated/α-hetero) is 1. The first kappa shape index (κ1) is 27.2. The Kier molecular flexibility index (Phi) is 10.9. The SMILES string of the molecule is C=CCOC(=O)N(CCC(=O)CNC(=O)OCc1ccccc1)CC(c1ccccc1)c1ccccc1. The molecule has 7 heteroatoms. The standard InChI is InChI=1S/C30H32N2O5/c1-2-20-36-30(35)32(22-28(25-14-8-4-9-15-25)26-16-10-5-11-17-26)19-18-27(33)21-31-29(34)37-23-24-12-6-3-7-13-24/h2-17,28H,1,18-23H2,(H,31,34). The number of carbonyl (C=O) groups excluding carboxylic acids is 3. The van der Waals surface area contributed by atoms with Crippen molar-refractivity contribution in [2.45, 2.75) is 18.9 Å². The van der Waals surface area contributed by atoms with Crippen LogP contribution in [0.25, 0.3) is 0 Å². The fourth-order valence-corrected chi connectivity index (χ4v) is 3.77. The minimum absolute atomic E-state index is 0.0540. The van der Waals surface area contributed by atoms with E-state index in [1.807, 2.05) is 91.0 Å². The smallest absolute Gasteiger partial charge is 0.410 e. The van der Waals surface area contributed by atoms with Crippen LogP contribution in [0.2, 0.25) is 0 Å². The fraction of sp³-hybridized carbons (Fsp3) is 0.233. The molecule has 0 radical (unpaired) electrons. The van der Waals surface area contributed by atoms with E-state index < -0.39 is 12.2 Å². The highest BCUT2D eigenvalue weighted by Crippen LogP contribution is 2.26. The van der Waals surface area contributed by atoms with Crippen molar-refractivity contribution in [2.24, 2.45) is 0 Å². The quantitative estimate of drug-likeness (QED) is 0.321. The Labute approximate surface area is 217 Å². The molecular formula is C30H32N2O5. The lowest BCUT2D eigenvalue weighted by molar-refractivity contribution is -0.118. The van der Waals surface area contributed by atoms with Gasteiger partial charge in [0, 0.05) is 25.4 Å². The summed E-state index contributed by atoms with van der Waals surface area (Å²) in [5, 5.41) is 2.47. The molecule has 7 nitrogen and oxygen atoms in total. The molecule has 0 aromatic heterocycles. The highest BCUT2D eigenvalue weighted by Gasteiger charge is 2.23. The minimum Gasteiger partial charge on any atom is -0.445 e. The van der Waals surface area contributed by atoms with Gasteiger partial charge in [0.1, 0.15) is 13.2 Å². The van der Waals surface area contributed by atoms with Gasteiger partial charge in [-0.2, -0.15) is 0 Å². The summed E-state index contributed by atoms with van der Waals surface area (Å²) in [6, 6.07) is 29.0. The predicted octanol–water partition coefficient (Wildman–Crippen LogP) is 5.33. The zero-order valence-electron chi connectivity index (χ0n) is 20.8. The number of rotatable bonds is 13. The molecule has 0 aliphatic heterocycles. The zero-order valence-corrected chi connectivity index (χ0v) is 20.8. The number of ketones is 1. The lowest BCUT2D eigenvalue weighted by atomic mass is 9.91. The fourth-order valence-electron chi connectivity index (χ4n) is 3.77. The number of alkyl carbamates (subject to hydrolysis) is 1. The Morgan fingerprint density at radius 1 is 0.838 bits per heavy atom. The van der Waals surface area contributed by atoms with Gasteiger partial charge < -0.3 is 19.7 Å². The molecule has 2 amide bonds. The third kappa shape index (κ3) is 9.29. The summed E-state index contributed by atoms with van der Waals surface area (Å²) in [5.74, 6) is -0.339. The Morgan fingerprint density at radius 3 is 1.97 bits per heavy atom. The Hall–Kier alpha value is -4.39. The van der Waals surface area contributed by atoms with E-state index in [0.29, 0.717) is 6.54 Å². The average molecular weight is 501 g/mol. The number of amides is 2. The first-order valence-corrected chi connectivity index (χ1v) is 12.2. The molecule has 192 valence electrons. The van der Waals surface area contributed by atoms with Gasteiger partial charge in [0.15, 0.2) is 5.78 Å². The van der Waals surface area contributed by atoms with Crippen molar-refractivity contribution in [1.82, 2.24) is 10.2 Å². The van der Waals surface area contributed by atoms with Gasteiger partial charge in [0.05, 0.1) is 6.54 Å². The van der Waals surface area contributed by atoms with Crippen LogP contribution < -0.4 is 5.32 Å². The number of carbonyl (C=O) groups is 3. The van der Waals surface area contributed by atoms with Crippen LogP contribution in [0.3, 0.4) is 0 Å². The normalized spacial score (nSPS) is 10.4. The lowest BCUT2D eigenvalue weighted by Gasteiger charge is -2.27. The molecule has 0 spiro atoms. The van der Waals surface area contributed by atoms with Crippen molar-refractivity contribution in [3.05, 3.63) is 120 Å². The van der Waals surface area contributed by atoms with Gasteiger partial charge in [-0.3, -0.25) is 4.79 Å². The average Bonchev–Trinajstić information content (AvgIpc) is 2.95. The minimum atomic E-state index is -0.673. The van der Waals surface area contributed by atoms with E-state index in [1.165, 1.54) is 11.0 Å². The van der Waals surface area contributed by atoms with Crippen molar-refractivity contribution in [2.75, 3.05) is 26.2 Å². The monoisotopic (exact) mass is 500 g/mol. The molecule has 0 atom stereocenters. The molecule has 0 saturated heterocycles. The van der Waals surface area contributed by atoms with Gasteiger partial charge in [-0.25, -0.2) is 9.59 Å². The van der Waals surface area contributed by atoms with E-state index in [0.717, 1.165) is 16.7 Å². The molecule has 0 unspecified atom stereocenters. The molecule has 0 saturated carbocycles. The molecule has 0 aliphatic carbocycles. The predicted molar refractivity (Wildman–Crippen MR) is 142 cm³/mol. The Morgan fingerprint density at radius 2 is 1.41 bits per heavy atom. The molecule has 3 aromatic carbocycles. The van der Waals surface area contributed by atoms with E-state index >= 15 is 0 Å². The summed E-state index contributed by atoms with van der Waals surface area (Å²) < 4.78 is 10.4. The third-order valence-corrected chi connectivity index (χ3v) is 5.69. The van der Waals surface area contributed by atoms with Crippen LogP contribution in [0.4, 0.5) is 9.59 Å².